The third-order valence-corrected chi connectivity index (χ3v) is 5.52. The highest BCUT2D eigenvalue weighted by molar-refractivity contribution is 5.99. The van der Waals surface area contributed by atoms with Gasteiger partial charge in [0.15, 0.2) is 0 Å². The smallest absolute Gasteiger partial charge is 0.247 e. The number of anilines is 6. The van der Waals surface area contributed by atoms with Gasteiger partial charge >= 0.3 is 0 Å². The molecule has 1 aliphatic heterocycles. The fraction of sp³-hybridized carbons (Fsp3) is 0.292. The molecule has 11 nitrogen and oxygen atoms in total. The highest BCUT2D eigenvalue weighted by Gasteiger charge is 2.19. The van der Waals surface area contributed by atoms with Gasteiger partial charge in [-0.25, -0.2) is 9.97 Å². The predicted octanol–water partition coefficient (Wildman–Crippen LogP) is 2.95. The quantitative estimate of drug-likeness (QED) is 0.419. The van der Waals surface area contributed by atoms with Crippen LogP contribution in [0.5, 0.6) is 5.88 Å². The van der Waals surface area contributed by atoms with Gasteiger partial charge in [0, 0.05) is 49.3 Å². The van der Waals surface area contributed by atoms with Crippen molar-refractivity contribution in [3.8, 4) is 5.88 Å². The number of rotatable bonds is 8. The molecule has 182 valence electrons. The van der Waals surface area contributed by atoms with Crippen molar-refractivity contribution < 1.29 is 9.53 Å². The Hall–Kier alpha value is -4.25. The molecule has 2 aromatic heterocycles. The number of carbonyl (C=O) groups is 1. The van der Waals surface area contributed by atoms with Gasteiger partial charge in [-0.05, 0) is 38.2 Å². The number of aryl methyl sites for hydroxylation is 1. The molecule has 3 aromatic rings. The molecule has 0 spiro atoms. The first-order valence-electron chi connectivity index (χ1n) is 11.2. The van der Waals surface area contributed by atoms with Crippen LogP contribution in [0, 0.1) is 6.92 Å². The summed E-state index contributed by atoms with van der Waals surface area (Å²) in [6.07, 6.45) is 4.62. The van der Waals surface area contributed by atoms with Gasteiger partial charge < -0.3 is 30.5 Å². The Morgan fingerprint density at radius 3 is 2.60 bits per heavy atom. The van der Waals surface area contributed by atoms with Crippen LogP contribution in [-0.4, -0.2) is 71.1 Å². The fourth-order valence-electron chi connectivity index (χ4n) is 3.51. The van der Waals surface area contributed by atoms with Gasteiger partial charge in [0.25, 0.3) is 0 Å². The maximum atomic E-state index is 11.6. The van der Waals surface area contributed by atoms with Crippen LogP contribution in [0.3, 0.4) is 0 Å². The van der Waals surface area contributed by atoms with Crippen LogP contribution >= 0.6 is 0 Å². The van der Waals surface area contributed by atoms with Crippen molar-refractivity contribution in [2.75, 3.05) is 61.2 Å². The van der Waals surface area contributed by atoms with Crippen LogP contribution in [-0.2, 0) is 4.79 Å². The predicted molar refractivity (Wildman–Crippen MR) is 137 cm³/mol. The summed E-state index contributed by atoms with van der Waals surface area (Å²) in [5.41, 5.74) is 2.82. The summed E-state index contributed by atoms with van der Waals surface area (Å²) in [6, 6.07) is 7.32. The summed E-state index contributed by atoms with van der Waals surface area (Å²) in [5.74, 6) is 1.75. The zero-order valence-corrected chi connectivity index (χ0v) is 20.1. The van der Waals surface area contributed by atoms with Crippen molar-refractivity contribution in [3.63, 3.8) is 0 Å². The lowest BCUT2D eigenvalue weighted by atomic mass is 10.2. The third-order valence-electron chi connectivity index (χ3n) is 5.52. The summed E-state index contributed by atoms with van der Waals surface area (Å²) in [5, 5.41) is 9.17. The Morgan fingerprint density at radius 2 is 1.86 bits per heavy atom. The fourth-order valence-corrected chi connectivity index (χ4v) is 3.51. The molecule has 4 rings (SSSR count). The molecule has 0 aliphatic carbocycles. The third kappa shape index (κ3) is 6.01. The summed E-state index contributed by atoms with van der Waals surface area (Å²) < 4.78 is 5.51. The molecular formula is C24H29N9O2. The molecule has 0 saturated carbocycles. The Labute approximate surface area is 204 Å². The average Bonchev–Trinajstić information content (AvgIpc) is 2.87. The normalized spacial score (nSPS) is 13.7. The largest absolute Gasteiger partial charge is 0.479 e. The Balaban J connectivity index is 1.50. The molecule has 1 aromatic carbocycles. The number of aromatic nitrogens is 4. The van der Waals surface area contributed by atoms with Crippen LogP contribution < -0.4 is 25.6 Å². The highest BCUT2D eigenvalue weighted by Crippen LogP contribution is 2.27. The Morgan fingerprint density at radius 1 is 1.09 bits per heavy atom. The lowest BCUT2D eigenvalue weighted by Gasteiger charge is -2.32. The lowest BCUT2D eigenvalue weighted by Crippen LogP contribution is -2.45. The summed E-state index contributed by atoms with van der Waals surface area (Å²) >= 11 is 0. The number of hydrogen-bond donors (Lipinski definition) is 3. The molecule has 35 heavy (non-hydrogen) atoms. The average molecular weight is 476 g/mol. The van der Waals surface area contributed by atoms with E-state index < -0.39 is 0 Å². The maximum absolute atomic E-state index is 11.6. The van der Waals surface area contributed by atoms with Crippen LogP contribution in [0.4, 0.5) is 34.8 Å². The first kappa shape index (κ1) is 23.9. The van der Waals surface area contributed by atoms with Gasteiger partial charge in [0.2, 0.25) is 23.7 Å². The standard InChI is InChI=1S/C24H29N9O2/c1-5-20(34)27-17-7-6-8-18(13-17)28-21-16(2)14-25-23(30-21)29-19-15-26-24(31-22(19)35-4)33-11-9-32(3)10-12-33/h5-8,13-15H,1,9-12H2,2-4H3,(H,27,34)(H2,25,28,29,30). The molecule has 3 heterocycles. The number of amides is 1. The number of nitrogens with zero attached hydrogens (tertiary/aromatic N) is 6. The van der Waals surface area contributed by atoms with Gasteiger partial charge in [0.05, 0.1) is 13.3 Å². The molecule has 1 fully saturated rings. The highest BCUT2D eigenvalue weighted by atomic mass is 16.5. The maximum Gasteiger partial charge on any atom is 0.247 e. The molecule has 0 bridgehead atoms. The van der Waals surface area contributed by atoms with E-state index >= 15 is 0 Å². The van der Waals surface area contributed by atoms with E-state index in [1.165, 1.54) is 6.08 Å². The molecular weight excluding hydrogens is 446 g/mol. The Kier molecular flexibility index (Phi) is 7.36. The second-order valence-electron chi connectivity index (χ2n) is 8.13. The van der Waals surface area contributed by atoms with E-state index in [2.05, 4.69) is 59.3 Å². The number of likely N-dealkylation sites (N-methyl/N-ethyl adjacent to an activating group) is 1. The van der Waals surface area contributed by atoms with Crippen molar-refractivity contribution in [3.05, 3.63) is 54.9 Å². The van der Waals surface area contributed by atoms with E-state index in [9.17, 15) is 4.79 Å². The summed E-state index contributed by atoms with van der Waals surface area (Å²) in [7, 11) is 3.68. The second-order valence-corrected chi connectivity index (χ2v) is 8.13. The minimum atomic E-state index is -0.276. The number of benzene rings is 1. The number of methoxy groups -OCH3 is 1. The van der Waals surface area contributed by atoms with Gasteiger partial charge in [-0.2, -0.15) is 9.97 Å². The monoisotopic (exact) mass is 475 g/mol. The van der Waals surface area contributed by atoms with E-state index in [1.54, 1.807) is 25.6 Å². The van der Waals surface area contributed by atoms with Gasteiger partial charge in [-0.3, -0.25) is 4.79 Å². The van der Waals surface area contributed by atoms with E-state index in [1.807, 2.05) is 25.1 Å². The topological polar surface area (TPSA) is 120 Å². The molecule has 1 aliphatic rings. The zero-order valence-electron chi connectivity index (χ0n) is 20.1. The minimum absolute atomic E-state index is 0.276. The van der Waals surface area contributed by atoms with Crippen LogP contribution in [0.1, 0.15) is 5.56 Å². The SMILES string of the molecule is C=CC(=O)Nc1cccc(Nc2nc(Nc3cnc(N4CCN(C)CC4)nc3OC)ncc2C)c1. The van der Waals surface area contributed by atoms with E-state index in [0.717, 1.165) is 37.4 Å². The van der Waals surface area contributed by atoms with Crippen molar-refractivity contribution >= 4 is 40.7 Å². The molecule has 3 N–H and O–H groups in total. The van der Waals surface area contributed by atoms with Crippen LogP contribution in [0.15, 0.2) is 49.3 Å². The van der Waals surface area contributed by atoms with Gasteiger partial charge in [-0.15, -0.1) is 0 Å². The van der Waals surface area contributed by atoms with Gasteiger partial charge in [0.1, 0.15) is 11.5 Å². The molecule has 0 radical (unpaired) electrons. The molecule has 11 heteroatoms. The number of carbonyl (C=O) groups excluding carboxylic acids is 1. The molecule has 0 unspecified atom stereocenters. The van der Waals surface area contributed by atoms with E-state index in [4.69, 9.17) is 4.74 Å². The van der Waals surface area contributed by atoms with Crippen molar-refractivity contribution in [2.24, 2.45) is 0 Å². The number of hydrogen-bond acceptors (Lipinski definition) is 10. The van der Waals surface area contributed by atoms with Crippen LogP contribution in [0.25, 0.3) is 0 Å². The van der Waals surface area contributed by atoms with Crippen molar-refractivity contribution in [1.29, 1.82) is 0 Å². The molecule has 1 amide bonds. The molecule has 1 saturated heterocycles. The number of piperazine rings is 1. The van der Waals surface area contributed by atoms with Crippen LogP contribution in [0.2, 0.25) is 0 Å². The number of ether oxygens (including phenoxy) is 1. The Bertz CT molecular complexity index is 1210. The first-order chi connectivity index (χ1) is 16.9. The van der Waals surface area contributed by atoms with Crippen molar-refractivity contribution in [1.82, 2.24) is 24.8 Å². The summed E-state index contributed by atoms with van der Waals surface area (Å²) in [4.78, 5) is 34.1. The number of nitrogens with one attached hydrogen (secondary N) is 3. The van der Waals surface area contributed by atoms with Gasteiger partial charge in [-0.1, -0.05) is 12.6 Å². The zero-order chi connectivity index (χ0) is 24.8. The summed E-state index contributed by atoms with van der Waals surface area (Å²) in [6.45, 7) is 9.02. The minimum Gasteiger partial charge on any atom is -0.479 e. The lowest BCUT2D eigenvalue weighted by molar-refractivity contribution is -0.111. The van der Waals surface area contributed by atoms with E-state index in [0.29, 0.717) is 35.0 Å². The van der Waals surface area contributed by atoms with Crippen molar-refractivity contribution in [2.45, 2.75) is 6.92 Å². The van der Waals surface area contributed by atoms with E-state index in [-0.39, 0.29) is 5.91 Å². The molecule has 0 atom stereocenters. The first-order valence-corrected chi connectivity index (χ1v) is 11.2. The second kappa shape index (κ2) is 10.8.